The van der Waals surface area contributed by atoms with Crippen LogP contribution in [0.15, 0.2) is 156 Å². The van der Waals surface area contributed by atoms with Gasteiger partial charge in [-0.3, -0.25) is 0 Å². The molecular weight excluding hydrogens is 574 g/mol. The Kier molecular flexibility index (Phi) is 5.32. The van der Waals surface area contributed by atoms with Gasteiger partial charge >= 0.3 is 0 Å². The van der Waals surface area contributed by atoms with Crippen molar-refractivity contribution >= 4 is 65.6 Å². The monoisotopic (exact) mass is 599 g/mol. The van der Waals surface area contributed by atoms with Crippen LogP contribution in [0.4, 0.5) is 0 Å². The molecule has 0 spiro atoms. The van der Waals surface area contributed by atoms with Gasteiger partial charge in [-0.25, -0.2) is 0 Å². The molecule has 47 heavy (non-hydrogen) atoms. The molecule has 7 aromatic carbocycles. The fourth-order valence-electron chi connectivity index (χ4n) is 7.63. The van der Waals surface area contributed by atoms with Crippen LogP contribution in [-0.2, 0) is 0 Å². The first-order valence-corrected chi connectivity index (χ1v) is 15.8. The molecule has 0 saturated carbocycles. The van der Waals surface area contributed by atoms with E-state index in [0.717, 1.165) is 77.3 Å². The standard InChI is InChI=1S/C43H25N3O/c44-26-27-21-22-38(46-37-19-9-4-14-31(37)42-39(46)23-24-41-43(42)32-15-5-10-20-40(32)47-41)33(25-27)30-13-3-8-18-36(30)45-34-16-6-1-11-28(34)29-12-2-7-17-35(29)45/h1-25H. The van der Waals surface area contributed by atoms with E-state index in [1.54, 1.807) is 0 Å². The first-order chi connectivity index (χ1) is 23.3. The summed E-state index contributed by atoms with van der Waals surface area (Å²) >= 11 is 0. The number of fused-ring (bicyclic) bond motifs is 10. The zero-order valence-corrected chi connectivity index (χ0v) is 25.2. The predicted octanol–water partition coefficient (Wildman–Crippen LogP) is 11.3. The van der Waals surface area contributed by atoms with Gasteiger partial charge in [0.2, 0.25) is 0 Å². The minimum absolute atomic E-state index is 0.616. The average molecular weight is 600 g/mol. The van der Waals surface area contributed by atoms with E-state index in [2.05, 4.69) is 143 Å². The van der Waals surface area contributed by atoms with Crippen LogP contribution in [0.3, 0.4) is 0 Å². The number of para-hydroxylation sites is 5. The van der Waals surface area contributed by atoms with Gasteiger partial charge in [0.05, 0.1) is 45.1 Å². The van der Waals surface area contributed by atoms with Crippen LogP contribution in [0.5, 0.6) is 0 Å². The molecule has 10 rings (SSSR count). The number of hydrogen-bond acceptors (Lipinski definition) is 2. The number of aromatic nitrogens is 2. The molecule has 0 radical (unpaired) electrons. The van der Waals surface area contributed by atoms with Crippen molar-refractivity contribution in [2.45, 2.75) is 0 Å². The highest BCUT2D eigenvalue weighted by Gasteiger charge is 2.22. The molecule has 0 bridgehead atoms. The van der Waals surface area contributed by atoms with Crippen LogP contribution in [-0.4, -0.2) is 9.13 Å². The second-order valence-corrected chi connectivity index (χ2v) is 12.0. The van der Waals surface area contributed by atoms with Gasteiger partial charge in [0.1, 0.15) is 11.2 Å². The van der Waals surface area contributed by atoms with E-state index in [1.165, 1.54) is 10.8 Å². The first kappa shape index (κ1) is 25.7. The average Bonchev–Trinajstić information content (AvgIpc) is 3.79. The molecule has 218 valence electrons. The Morgan fingerprint density at radius 2 is 1.00 bits per heavy atom. The van der Waals surface area contributed by atoms with Crippen LogP contribution in [0.2, 0.25) is 0 Å². The van der Waals surface area contributed by atoms with Crippen molar-refractivity contribution in [3.05, 3.63) is 157 Å². The molecule has 0 amide bonds. The third-order valence-electron chi connectivity index (χ3n) is 9.56. The van der Waals surface area contributed by atoms with Gasteiger partial charge in [0.15, 0.2) is 0 Å². The summed E-state index contributed by atoms with van der Waals surface area (Å²) in [6.07, 6.45) is 0. The fraction of sp³-hybridized carbons (Fsp3) is 0. The van der Waals surface area contributed by atoms with E-state index < -0.39 is 0 Å². The van der Waals surface area contributed by atoms with Crippen LogP contribution in [0.25, 0.3) is 88.1 Å². The minimum atomic E-state index is 0.616. The minimum Gasteiger partial charge on any atom is -0.456 e. The molecule has 0 aliphatic rings. The van der Waals surface area contributed by atoms with E-state index in [9.17, 15) is 5.26 Å². The molecular formula is C43H25N3O. The largest absolute Gasteiger partial charge is 0.456 e. The first-order valence-electron chi connectivity index (χ1n) is 15.8. The maximum atomic E-state index is 10.1. The molecule has 4 nitrogen and oxygen atoms in total. The van der Waals surface area contributed by atoms with Crippen molar-refractivity contribution in [2.75, 3.05) is 0 Å². The van der Waals surface area contributed by atoms with Crippen LogP contribution >= 0.6 is 0 Å². The van der Waals surface area contributed by atoms with Crippen molar-refractivity contribution in [3.8, 4) is 28.6 Å². The molecule has 0 fully saturated rings. The lowest BCUT2D eigenvalue weighted by molar-refractivity contribution is 0.669. The molecule has 10 aromatic rings. The molecule has 4 heteroatoms. The maximum Gasteiger partial charge on any atom is 0.136 e. The molecule has 0 atom stereocenters. The summed E-state index contributed by atoms with van der Waals surface area (Å²) in [5.74, 6) is 0. The van der Waals surface area contributed by atoms with Crippen LogP contribution < -0.4 is 0 Å². The zero-order chi connectivity index (χ0) is 31.1. The lowest BCUT2D eigenvalue weighted by atomic mass is 9.98. The SMILES string of the molecule is N#Cc1ccc(-n2c3ccccc3c3c4c(ccc32)oc2ccccc24)c(-c2ccccc2-n2c3ccccc3c3ccccc32)c1. The number of nitriles is 1. The molecule has 0 unspecified atom stereocenters. The predicted molar refractivity (Wildman–Crippen MR) is 193 cm³/mol. The molecule has 3 heterocycles. The lowest BCUT2D eigenvalue weighted by Crippen LogP contribution is -2.02. The second kappa shape index (κ2) is 9.71. The van der Waals surface area contributed by atoms with Crippen molar-refractivity contribution in [2.24, 2.45) is 0 Å². The van der Waals surface area contributed by atoms with E-state index in [-0.39, 0.29) is 0 Å². The van der Waals surface area contributed by atoms with Crippen molar-refractivity contribution in [3.63, 3.8) is 0 Å². The summed E-state index contributed by atoms with van der Waals surface area (Å²) in [5, 5.41) is 17.1. The number of nitrogens with zero attached hydrogens (tertiary/aromatic N) is 3. The summed E-state index contributed by atoms with van der Waals surface area (Å²) in [6, 6.07) is 55.3. The van der Waals surface area contributed by atoms with E-state index in [1.807, 2.05) is 24.3 Å². The molecule has 0 aliphatic carbocycles. The number of benzene rings is 7. The van der Waals surface area contributed by atoms with Crippen LogP contribution in [0, 0.1) is 11.3 Å². The van der Waals surface area contributed by atoms with Gasteiger partial charge in [0, 0.05) is 43.4 Å². The normalized spacial score (nSPS) is 11.8. The topological polar surface area (TPSA) is 46.8 Å². The maximum absolute atomic E-state index is 10.1. The zero-order valence-electron chi connectivity index (χ0n) is 25.2. The summed E-state index contributed by atoms with van der Waals surface area (Å²) in [7, 11) is 0. The van der Waals surface area contributed by atoms with Gasteiger partial charge < -0.3 is 13.6 Å². The van der Waals surface area contributed by atoms with E-state index in [4.69, 9.17) is 4.42 Å². The Labute approximate surface area is 269 Å². The quantitative estimate of drug-likeness (QED) is 0.203. The van der Waals surface area contributed by atoms with Crippen molar-refractivity contribution in [1.29, 1.82) is 5.26 Å². The number of furan rings is 1. The molecule has 0 aliphatic heterocycles. The Bertz CT molecular complexity index is 2880. The Hall–Kier alpha value is -6.57. The summed E-state index contributed by atoms with van der Waals surface area (Å²) < 4.78 is 11.0. The third-order valence-corrected chi connectivity index (χ3v) is 9.56. The Morgan fingerprint density at radius 3 is 1.74 bits per heavy atom. The van der Waals surface area contributed by atoms with Gasteiger partial charge in [-0.1, -0.05) is 91.0 Å². The van der Waals surface area contributed by atoms with Crippen LogP contribution in [0.1, 0.15) is 5.56 Å². The Morgan fingerprint density at radius 1 is 0.426 bits per heavy atom. The highest BCUT2D eigenvalue weighted by Crippen LogP contribution is 2.44. The van der Waals surface area contributed by atoms with E-state index >= 15 is 0 Å². The lowest BCUT2D eigenvalue weighted by Gasteiger charge is -2.18. The van der Waals surface area contributed by atoms with Crippen molar-refractivity contribution in [1.82, 2.24) is 9.13 Å². The Balaban J connectivity index is 1.33. The third kappa shape index (κ3) is 3.57. The highest BCUT2D eigenvalue weighted by atomic mass is 16.3. The fourth-order valence-corrected chi connectivity index (χ4v) is 7.63. The smallest absolute Gasteiger partial charge is 0.136 e. The molecule has 0 N–H and O–H groups in total. The van der Waals surface area contributed by atoms with Gasteiger partial charge in [-0.05, 0) is 60.7 Å². The van der Waals surface area contributed by atoms with Gasteiger partial charge in [0.25, 0.3) is 0 Å². The second-order valence-electron chi connectivity index (χ2n) is 12.0. The molecule has 3 aromatic heterocycles. The van der Waals surface area contributed by atoms with E-state index in [0.29, 0.717) is 5.56 Å². The number of hydrogen-bond donors (Lipinski definition) is 0. The summed E-state index contributed by atoms with van der Waals surface area (Å²) in [4.78, 5) is 0. The molecule has 0 saturated heterocycles. The van der Waals surface area contributed by atoms with Gasteiger partial charge in [-0.2, -0.15) is 5.26 Å². The summed E-state index contributed by atoms with van der Waals surface area (Å²) in [5.41, 5.74) is 10.9. The van der Waals surface area contributed by atoms with Gasteiger partial charge in [-0.15, -0.1) is 0 Å². The highest BCUT2D eigenvalue weighted by molar-refractivity contribution is 6.27. The summed E-state index contributed by atoms with van der Waals surface area (Å²) in [6.45, 7) is 0. The van der Waals surface area contributed by atoms with Crippen molar-refractivity contribution < 1.29 is 4.42 Å². The number of rotatable bonds is 3.